The van der Waals surface area contributed by atoms with E-state index in [2.05, 4.69) is 0 Å². The quantitative estimate of drug-likeness (QED) is 0.301. The molecule has 18 N–H and O–H groups in total. The second-order valence-corrected chi connectivity index (χ2v) is 5.95. The summed E-state index contributed by atoms with van der Waals surface area (Å²) < 4.78 is 20.6. The highest BCUT2D eigenvalue weighted by atomic mass is 31.2. The predicted molar refractivity (Wildman–Crippen MR) is 61.6 cm³/mol. The van der Waals surface area contributed by atoms with Crippen molar-refractivity contribution in [3.05, 3.63) is 0 Å². The molecule has 0 aliphatic carbocycles. The van der Waals surface area contributed by atoms with Crippen LogP contribution in [-0.4, -0.2) is 31.5 Å². The van der Waals surface area contributed by atoms with E-state index in [1.54, 1.807) is 0 Å². The lowest BCUT2D eigenvalue weighted by molar-refractivity contribution is 0.352. The smallest absolute Gasteiger partial charge is 0.342 e. The van der Waals surface area contributed by atoms with E-state index < -0.39 is 33.6 Å². The van der Waals surface area contributed by atoms with E-state index in [0.717, 1.165) is 0 Å². The van der Waals surface area contributed by atoms with Crippen LogP contribution in [0.25, 0.3) is 0 Å². The van der Waals surface area contributed by atoms with Crippen molar-refractivity contribution in [2.75, 3.05) is 6.16 Å². The van der Waals surface area contributed by atoms with Gasteiger partial charge in [0.1, 0.15) is 5.78 Å². The van der Waals surface area contributed by atoms with E-state index in [-0.39, 0.29) is 24.6 Å². The Kier molecular flexibility index (Phi) is 19.1. The molecule has 0 spiro atoms. The maximum atomic E-state index is 10.4. The molecular weight excluding hydrogens is 264 g/mol. The maximum Gasteiger partial charge on any atom is 0.342 e. The molecule has 0 aromatic heterocycles. The zero-order valence-electron chi connectivity index (χ0n) is 8.90. The first-order chi connectivity index (χ1) is 5.13. The second kappa shape index (κ2) is 10.3. The first-order valence-corrected chi connectivity index (χ1v) is 6.46. The van der Waals surface area contributed by atoms with Gasteiger partial charge >= 0.3 is 15.2 Å². The van der Waals surface area contributed by atoms with Gasteiger partial charge in [0.25, 0.3) is 0 Å². The van der Waals surface area contributed by atoms with Gasteiger partial charge in [-0.2, -0.15) is 0 Å². The van der Waals surface area contributed by atoms with Crippen molar-refractivity contribution in [2.45, 2.75) is 12.2 Å². The second-order valence-electron chi connectivity index (χ2n) is 2.33. The third-order valence-corrected chi connectivity index (χ3v) is 3.11. The molecule has 1 unspecified atom stereocenters. The van der Waals surface area contributed by atoms with E-state index >= 15 is 0 Å². The largest absolute Gasteiger partial charge is 0.344 e. The zero-order chi connectivity index (χ0) is 9.99. The molecule has 0 saturated heterocycles. The molecule has 0 fully saturated rings. The molecule has 1 atom stereocenters. The van der Waals surface area contributed by atoms with Crippen LogP contribution in [0.2, 0.25) is 0 Å². The van der Waals surface area contributed by atoms with Gasteiger partial charge in [0, 0.05) is 0 Å². The molecule has 0 aromatic rings. The van der Waals surface area contributed by atoms with Gasteiger partial charge < -0.3 is 49.9 Å². The van der Waals surface area contributed by atoms with Crippen LogP contribution in [-0.2, 0) is 9.13 Å². The predicted octanol–water partition coefficient (Wildman–Crippen LogP) is -0.335. The Bertz CT molecular complexity index is 238. The molecule has 16 heavy (non-hydrogen) atoms. The van der Waals surface area contributed by atoms with Crippen molar-refractivity contribution in [2.24, 2.45) is 5.73 Å². The maximum absolute atomic E-state index is 10.4. The Morgan fingerprint density at radius 1 is 0.938 bits per heavy atom. The summed E-state index contributed by atoms with van der Waals surface area (Å²) in [6.07, 6.45) is -1.01. The van der Waals surface area contributed by atoms with E-state index in [1.807, 2.05) is 0 Å². The van der Waals surface area contributed by atoms with Crippen LogP contribution >= 0.6 is 15.2 Å². The average molecular weight is 287 g/mol. The van der Waals surface area contributed by atoms with Crippen molar-refractivity contribution < 1.29 is 28.7 Å². The Hall–Kier alpha value is 0.1000. The van der Waals surface area contributed by atoms with E-state index in [4.69, 9.17) is 25.3 Å². The third-order valence-electron chi connectivity index (χ3n) is 1.15. The third kappa shape index (κ3) is 16.5. The van der Waals surface area contributed by atoms with E-state index in [9.17, 15) is 9.13 Å². The fraction of sp³-hybridized carbons (Fsp3) is 1.00. The molecule has 0 aliphatic rings. The summed E-state index contributed by atoms with van der Waals surface area (Å²) in [4.78, 5) is 33.5. The Labute approximate surface area is 93.5 Å². The van der Waals surface area contributed by atoms with Gasteiger partial charge in [0.05, 0.1) is 6.16 Å². The molecule has 0 heterocycles. The van der Waals surface area contributed by atoms with Gasteiger partial charge in [0.2, 0.25) is 0 Å². The topological polar surface area (TPSA) is 281 Å². The standard InChI is InChI=1S/C3H11NO6P2.4H3N/c4-3(12(8,9)10)1-2-11(5,6)7;;;;/h3H,1-2,4H2,(H2,5,6,7)(H2,8,9,10);4*1H3. The first kappa shape index (κ1) is 29.8. The summed E-state index contributed by atoms with van der Waals surface area (Å²) in [5.74, 6) is -1.50. The monoisotopic (exact) mass is 287 g/mol. The van der Waals surface area contributed by atoms with Crippen LogP contribution in [0.3, 0.4) is 0 Å². The van der Waals surface area contributed by atoms with Crippen LogP contribution < -0.4 is 30.3 Å². The normalized spacial score (nSPS) is 12.1. The van der Waals surface area contributed by atoms with Crippen molar-refractivity contribution >= 4 is 15.2 Å². The van der Waals surface area contributed by atoms with Gasteiger partial charge in [-0.25, -0.2) is 0 Å². The van der Waals surface area contributed by atoms with Crippen LogP contribution in [0.4, 0.5) is 0 Å². The number of hydrogen-bond donors (Lipinski definition) is 9. The molecule has 13 heteroatoms. The highest BCUT2D eigenvalue weighted by molar-refractivity contribution is 7.53. The molecule has 0 saturated carbocycles. The minimum absolute atomic E-state index is 0. The highest BCUT2D eigenvalue weighted by Gasteiger charge is 2.27. The molecular formula is C3H23N5O6P2. The number of rotatable bonds is 4. The van der Waals surface area contributed by atoms with Crippen LogP contribution in [0.15, 0.2) is 0 Å². The Morgan fingerprint density at radius 2 is 1.25 bits per heavy atom. The van der Waals surface area contributed by atoms with Gasteiger partial charge in [-0.3, -0.25) is 9.13 Å². The summed E-state index contributed by atoms with van der Waals surface area (Å²) in [5, 5.41) is 0. The number of hydrogen-bond acceptors (Lipinski definition) is 7. The fourth-order valence-electron chi connectivity index (χ4n) is 0.469. The summed E-state index contributed by atoms with van der Waals surface area (Å²) in [6, 6.07) is 0. The van der Waals surface area contributed by atoms with Crippen molar-refractivity contribution in [3.8, 4) is 0 Å². The Balaban J connectivity index is -0.000000101. The summed E-state index contributed by atoms with van der Waals surface area (Å²) in [7, 11) is -8.62. The first-order valence-electron chi connectivity index (χ1n) is 2.98. The highest BCUT2D eigenvalue weighted by Crippen LogP contribution is 2.43. The molecule has 106 valence electrons. The minimum atomic E-state index is -4.41. The summed E-state index contributed by atoms with van der Waals surface area (Å²) in [6.45, 7) is 0. The molecule has 0 bridgehead atoms. The molecule has 0 rings (SSSR count). The van der Waals surface area contributed by atoms with Crippen LogP contribution in [0.5, 0.6) is 0 Å². The van der Waals surface area contributed by atoms with Gasteiger partial charge in [0.15, 0.2) is 0 Å². The lowest BCUT2D eigenvalue weighted by atomic mass is 10.5. The number of nitrogens with two attached hydrogens (primary N) is 1. The van der Waals surface area contributed by atoms with Crippen LogP contribution in [0, 0.1) is 0 Å². The van der Waals surface area contributed by atoms with E-state index in [1.165, 1.54) is 0 Å². The fourth-order valence-corrected chi connectivity index (χ4v) is 1.75. The molecule has 0 aromatic carbocycles. The van der Waals surface area contributed by atoms with Gasteiger partial charge in [-0.1, -0.05) is 0 Å². The van der Waals surface area contributed by atoms with E-state index in [0.29, 0.717) is 0 Å². The van der Waals surface area contributed by atoms with Crippen molar-refractivity contribution in [1.29, 1.82) is 0 Å². The molecule has 0 radical (unpaired) electrons. The van der Waals surface area contributed by atoms with Crippen LogP contribution in [0.1, 0.15) is 6.42 Å². The minimum Gasteiger partial charge on any atom is -0.344 e. The Morgan fingerprint density at radius 3 is 1.44 bits per heavy atom. The molecule has 0 amide bonds. The average Bonchev–Trinajstić information content (AvgIpc) is 1.78. The molecule has 11 nitrogen and oxygen atoms in total. The SMILES string of the molecule is N.N.N.N.NC(CCP(=O)(O)O)P(=O)(O)O. The molecule has 0 aliphatic heterocycles. The summed E-state index contributed by atoms with van der Waals surface area (Å²) >= 11 is 0. The summed E-state index contributed by atoms with van der Waals surface area (Å²) in [5.41, 5.74) is 4.95. The lowest BCUT2D eigenvalue weighted by Gasteiger charge is -2.12. The van der Waals surface area contributed by atoms with Gasteiger partial charge in [-0.05, 0) is 6.42 Å². The van der Waals surface area contributed by atoms with Crippen molar-refractivity contribution in [3.63, 3.8) is 0 Å². The zero-order valence-corrected chi connectivity index (χ0v) is 10.7. The lowest BCUT2D eigenvalue weighted by Crippen LogP contribution is -2.21. The van der Waals surface area contributed by atoms with Gasteiger partial charge in [-0.15, -0.1) is 0 Å². The van der Waals surface area contributed by atoms with Crippen molar-refractivity contribution in [1.82, 2.24) is 24.6 Å².